The quantitative estimate of drug-likeness (QED) is 0.492. The van der Waals surface area contributed by atoms with Gasteiger partial charge in [-0.1, -0.05) is 6.92 Å². The maximum absolute atomic E-state index is 5.88. The van der Waals surface area contributed by atoms with Crippen molar-refractivity contribution in [1.29, 1.82) is 0 Å². The first-order valence-electron chi connectivity index (χ1n) is 4.09. The molecule has 0 spiro atoms. The molecule has 2 unspecified atom stereocenters. The minimum Gasteiger partial charge on any atom is -0.401 e. The lowest BCUT2D eigenvalue weighted by molar-refractivity contribution is 0.213. The highest BCUT2D eigenvalue weighted by Gasteiger charge is 2.30. The fourth-order valence-corrected chi connectivity index (χ4v) is 3.17. The molecule has 68 valence electrons. The molecular weight excluding hydrogens is 156 g/mol. The Kier molecular flexibility index (Phi) is 4.24. The molecule has 0 aromatic carbocycles. The molecule has 0 aliphatic rings. The highest BCUT2D eigenvalue weighted by Crippen LogP contribution is 2.11. The average molecular weight is 176 g/mol. The summed E-state index contributed by atoms with van der Waals surface area (Å²) in [5.74, 6) is 0. The summed E-state index contributed by atoms with van der Waals surface area (Å²) in [7, 11) is -1.72. The maximum Gasteiger partial charge on any atom is 0.205 e. The van der Waals surface area contributed by atoms with Crippen LogP contribution in [0.4, 0.5) is 0 Å². The van der Waals surface area contributed by atoms with Crippen LogP contribution in [-0.2, 0) is 4.43 Å². The molecule has 0 aromatic rings. The van der Waals surface area contributed by atoms with Crippen molar-refractivity contribution in [3.8, 4) is 0 Å². The van der Waals surface area contributed by atoms with Crippen molar-refractivity contribution in [2.45, 2.75) is 45.3 Å². The van der Waals surface area contributed by atoms with Crippen LogP contribution < -0.4 is 11.5 Å². The molecule has 4 N–H and O–H groups in total. The van der Waals surface area contributed by atoms with Crippen LogP contribution in [-0.4, -0.2) is 20.2 Å². The van der Waals surface area contributed by atoms with Gasteiger partial charge in [0.1, 0.15) is 0 Å². The second kappa shape index (κ2) is 4.20. The predicted molar refractivity (Wildman–Crippen MR) is 50.5 cm³/mol. The zero-order valence-corrected chi connectivity index (χ0v) is 8.92. The first-order chi connectivity index (χ1) is 4.90. The van der Waals surface area contributed by atoms with Crippen molar-refractivity contribution in [3.63, 3.8) is 0 Å². The van der Waals surface area contributed by atoms with Crippen molar-refractivity contribution in [2.24, 2.45) is 11.5 Å². The summed E-state index contributed by atoms with van der Waals surface area (Å²) < 4.78 is 5.58. The Labute approximate surface area is 70.2 Å². The zero-order chi connectivity index (χ0) is 9.07. The minimum absolute atomic E-state index is 0.186. The van der Waals surface area contributed by atoms with Crippen LogP contribution >= 0.6 is 0 Å². The first kappa shape index (κ1) is 11.1. The van der Waals surface area contributed by atoms with Gasteiger partial charge < -0.3 is 15.9 Å². The summed E-state index contributed by atoms with van der Waals surface area (Å²) in [6.07, 6.45) is 0.778. The van der Waals surface area contributed by atoms with Crippen LogP contribution in [0.2, 0.25) is 13.1 Å². The van der Waals surface area contributed by atoms with Gasteiger partial charge in [-0.05, 0) is 26.4 Å². The normalized spacial score (nSPS) is 18.0. The van der Waals surface area contributed by atoms with Crippen LogP contribution in [0, 0.1) is 0 Å². The zero-order valence-electron chi connectivity index (χ0n) is 7.92. The second-order valence-corrected chi connectivity index (χ2v) is 7.63. The molecule has 3 nitrogen and oxygen atoms in total. The minimum atomic E-state index is -1.72. The summed E-state index contributed by atoms with van der Waals surface area (Å²) in [5, 5.41) is 0. The Morgan fingerprint density at radius 2 is 1.82 bits per heavy atom. The molecule has 11 heavy (non-hydrogen) atoms. The summed E-state index contributed by atoms with van der Waals surface area (Å²) in [4.78, 5) is 0. The summed E-state index contributed by atoms with van der Waals surface area (Å²) in [6.45, 7) is 8.12. The lowest BCUT2D eigenvalue weighted by Gasteiger charge is -2.30. The van der Waals surface area contributed by atoms with E-state index in [1.54, 1.807) is 0 Å². The molecule has 0 radical (unpaired) electrons. The van der Waals surface area contributed by atoms with E-state index in [0.717, 1.165) is 6.42 Å². The maximum atomic E-state index is 5.88. The van der Waals surface area contributed by atoms with E-state index in [9.17, 15) is 0 Å². The molecule has 0 saturated carbocycles. The smallest absolute Gasteiger partial charge is 0.205 e. The Morgan fingerprint density at radius 3 is 2.09 bits per heavy atom. The molecule has 0 aromatic heterocycles. The van der Waals surface area contributed by atoms with Gasteiger partial charge in [-0.15, -0.1) is 0 Å². The van der Waals surface area contributed by atoms with Gasteiger partial charge in [0.2, 0.25) is 8.32 Å². The van der Waals surface area contributed by atoms with Crippen molar-refractivity contribution in [2.75, 3.05) is 0 Å². The lowest BCUT2D eigenvalue weighted by atomic mass is 10.5. The van der Waals surface area contributed by atoms with Crippen LogP contribution in [0.15, 0.2) is 0 Å². The van der Waals surface area contributed by atoms with Crippen molar-refractivity contribution in [1.82, 2.24) is 0 Å². The van der Waals surface area contributed by atoms with E-state index >= 15 is 0 Å². The molecule has 4 heteroatoms. The van der Waals surface area contributed by atoms with E-state index in [0.29, 0.717) is 0 Å². The van der Waals surface area contributed by atoms with E-state index < -0.39 is 8.32 Å². The fourth-order valence-electron chi connectivity index (χ4n) is 1.06. The molecular formula is C7H20N2OSi. The topological polar surface area (TPSA) is 61.3 Å². The number of hydrogen-bond acceptors (Lipinski definition) is 3. The molecule has 0 fully saturated rings. The second-order valence-electron chi connectivity index (χ2n) is 3.44. The lowest BCUT2D eigenvalue weighted by Crippen LogP contribution is -2.52. The van der Waals surface area contributed by atoms with Crippen LogP contribution in [0.3, 0.4) is 0 Å². The van der Waals surface area contributed by atoms with E-state index in [1.165, 1.54) is 0 Å². The monoisotopic (exact) mass is 176 g/mol. The molecule has 0 heterocycles. The van der Waals surface area contributed by atoms with Gasteiger partial charge in [-0.2, -0.15) is 0 Å². The average Bonchev–Trinajstić information content (AvgIpc) is 1.83. The molecule has 0 aliphatic heterocycles. The number of rotatable bonds is 4. The Bertz CT molecular complexity index is 117. The number of nitrogens with two attached hydrogens (primary N) is 2. The van der Waals surface area contributed by atoms with Crippen LogP contribution in [0.1, 0.15) is 20.3 Å². The third kappa shape index (κ3) is 3.86. The molecule has 0 amide bonds. The van der Waals surface area contributed by atoms with E-state index in [-0.39, 0.29) is 11.9 Å². The van der Waals surface area contributed by atoms with Gasteiger partial charge in [0, 0.05) is 5.67 Å². The van der Waals surface area contributed by atoms with Crippen molar-refractivity contribution < 1.29 is 4.43 Å². The van der Waals surface area contributed by atoms with Gasteiger partial charge in [0.05, 0.1) is 6.23 Å². The highest BCUT2D eigenvalue weighted by atomic mass is 28.4. The fraction of sp³-hybridized carbons (Fsp3) is 1.00. The van der Waals surface area contributed by atoms with E-state index in [4.69, 9.17) is 15.9 Å². The van der Waals surface area contributed by atoms with Gasteiger partial charge >= 0.3 is 0 Å². The first-order valence-corrected chi connectivity index (χ1v) is 7.07. The molecule has 0 aliphatic carbocycles. The van der Waals surface area contributed by atoms with Gasteiger partial charge in [0.15, 0.2) is 0 Å². The molecule has 2 atom stereocenters. The standard InChI is InChI=1S/C7H20N2OSi/c1-5-7(9)11(3,4)10-6(2)8/h6-7H,5,8-9H2,1-4H3. The third-order valence-corrected chi connectivity index (χ3v) is 5.00. The molecule has 0 rings (SSSR count). The van der Waals surface area contributed by atoms with E-state index in [2.05, 4.69) is 20.0 Å². The predicted octanol–water partition coefficient (Wildman–Crippen LogP) is 0.789. The summed E-state index contributed by atoms with van der Waals surface area (Å²) in [5.41, 5.74) is 11.6. The molecule has 0 saturated heterocycles. The Hall–Kier alpha value is 0.0969. The Balaban J connectivity index is 3.98. The van der Waals surface area contributed by atoms with Gasteiger partial charge in [0.25, 0.3) is 0 Å². The van der Waals surface area contributed by atoms with E-state index in [1.807, 2.05) is 6.92 Å². The van der Waals surface area contributed by atoms with Crippen LogP contribution in [0.5, 0.6) is 0 Å². The van der Waals surface area contributed by atoms with Gasteiger partial charge in [-0.25, -0.2) is 0 Å². The van der Waals surface area contributed by atoms with Crippen molar-refractivity contribution in [3.05, 3.63) is 0 Å². The largest absolute Gasteiger partial charge is 0.401 e. The Morgan fingerprint density at radius 1 is 1.36 bits per heavy atom. The van der Waals surface area contributed by atoms with Crippen LogP contribution in [0.25, 0.3) is 0 Å². The van der Waals surface area contributed by atoms with Crippen molar-refractivity contribution >= 4 is 8.32 Å². The van der Waals surface area contributed by atoms with Gasteiger partial charge in [-0.3, -0.25) is 0 Å². The number of hydrogen-bond donors (Lipinski definition) is 2. The molecule has 0 bridgehead atoms. The third-order valence-electron chi connectivity index (χ3n) is 1.82. The highest BCUT2D eigenvalue weighted by molar-refractivity contribution is 6.72. The summed E-state index contributed by atoms with van der Waals surface area (Å²) in [6, 6.07) is 0. The summed E-state index contributed by atoms with van der Waals surface area (Å²) >= 11 is 0. The SMILES string of the molecule is CCC(N)[Si](C)(C)OC(C)N.